The maximum absolute atomic E-state index is 5.71. The molecule has 1 saturated heterocycles. The van der Waals surface area contributed by atoms with Gasteiger partial charge in [-0.1, -0.05) is 18.1 Å². The number of ether oxygens (including phenoxy) is 2. The third-order valence-corrected chi connectivity index (χ3v) is 2.44. The van der Waals surface area contributed by atoms with Crippen molar-refractivity contribution in [1.29, 1.82) is 0 Å². The van der Waals surface area contributed by atoms with Crippen LogP contribution in [0.4, 0.5) is 0 Å². The van der Waals surface area contributed by atoms with E-state index in [2.05, 4.69) is 5.92 Å². The molecule has 0 aromatic heterocycles. The second-order valence-corrected chi connectivity index (χ2v) is 3.55. The highest BCUT2D eigenvalue weighted by molar-refractivity contribution is 5.44. The Morgan fingerprint density at radius 1 is 1.33 bits per heavy atom. The van der Waals surface area contributed by atoms with E-state index in [9.17, 15) is 0 Å². The molecule has 0 spiro atoms. The SMILES string of the molecule is C#Cc1ccccc1OC1CCCCO1. The molecule has 1 atom stereocenters. The summed E-state index contributed by atoms with van der Waals surface area (Å²) in [6, 6.07) is 7.58. The summed E-state index contributed by atoms with van der Waals surface area (Å²) in [5, 5.41) is 0. The molecule has 1 aliphatic heterocycles. The fourth-order valence-electron chi connectivity index (χ4n) is 1.63. The lowest BCUT2D eigenvalue weighted by atomic mass is 10.2. The Labute approximate surface area is 90.2 Å². The smallest absolute Gasteiger partial charge is 0.199 e. The van der Waals surface area contributed by atoms with E-state index in [-0.39, 0.29) is 6.29 Å². The summed E-state index contributed by atoms with van der Waals surface area (Å²) in [6.45, 7) is 0.781. The normalized spacial score (nSPS) is 20.6. The van der Waals surface area contributed by atoms with Crippen LogP contribution in [0.5, 0.6) is 5.75 Å². The Bertz CT molecular complexity index is 359. The third-order valence-electron chi connectivity index (χ3n) is 2.44. The molecule has 78 valence electrons. The molecule has 0 N–H and O–H groups in total. The van der Waals surface area contributed by atoms with Crippen molar-refractivity contribution in [1.82, 2.24) is 0 Å². The maximum Gasteiger partial charge on any atom is 0.199 e. The molecule has 0 aliphatic carbocycles. The van der Waals surface area contributed by atoms with Gasteiger partial charge >= 0.3 is 0 Å². The summed E-state index contributed by atoms with van der Waals surface area (Å²) in [5.41, 5.74) is 0.784. The first-order valence-electron chi connectivity index (χ1n) is 5.24. The highest BCUT2D eigenvalue weighted by Gasteiger charge is 2.15. The van der Waals surface area contributed by atoms with Gasteiger partial charge < -0.3 is 9.47 Å². The fourth-order valence-corrected chi connectivity index (χ4v) is 1.63. The van der Waals surface area contributed by atoms with Gasteiger partial charge in [-0.3, -0.25) is 0 Å². The van der Waals surface area contributed by atoms with Crippen molar-refractivity contribution in [2.75, 3.05) is 6.61 Å². The van der Waals surface area contributed by atoms with Gasteiger partial charge in [-0.05, 0) is 25.0 Å². The summed E-state index contributed by atoms with van der Waals surface area (Å²) in [6.07, 6.45) is 8.47. The molecule has 1 aliphatic rings. The second-order valence-electron chi connectivity index (χ2n) is 3.55. The first kappa shape index (κ1) is 10.1. The first-order valence-corrected chi connectivity index (χ1v) is 5.24. The summed E-state index contributed by atoms with van der Waals surface area (Å²) in [5.74, 6) is 3.35. The molecule has 0 bridgehead atoms. The number of hydrogen-bond acceptors (Lipinski definition) is 2. The van der Waals surface area contributed by atoms with Gasteiger partial charge in [-0.15, -0.1) is 6.42 Å². The molecule has 1 unspecified atom stereocenters. The summed E-state index contributed by atoms with van der Waals surface area (Å²) < 4.78 is 11.2. The van der Waals surface area contributed by atoms with Gasteiger partial charge in [0.1, 0.15) is 5.75 Å². The Hall–Kier alpha value is -1.46. The van der Waals surface area contributed by atoms with Gasteiger partial charge in [0.05, 0.1) is 12.2 Å². The quantitative estimate of drug-likeness (QED) is 0.686. The predicted octanol–water partition coefficient (Wildman–Crippen LogP) is 2.57. The number of terminal acetylenes is 1. The van der Waals surface area contributed by atoms with Crippen molar-refractivity contribution in [3.8, 4) is 18.1 Å². The van der Waals surface area contributed by atoms with E-state index >= 15 is 0 Å². The molecular weight excluding hydrogens is 188 g/mol. The molecule has 1 aromatic carbocycles. The largest absolute Gasteiger partial charge is 0.464 e. The topological polar surface area (TPSA) is 18.5 Å². The molecule has 2 rings (SSSR count). The standard InChI is InChI=1S/C13H14O2/c1-2-11-7-3-4-8-12(11)15-13-9-5-6-10-14-13/h1,3-4,7-8,13H,5-6,9-10H2. The van der Waals surface area contributed by atoms with Crippen LogP contribution < -0.4 is 4.74 Å². The van der Waals surface area contributed by atoms with Crippen LogP contribution in [-0.2, 0) is 4.74 Å². The Morgan fingerprint density at radius 2 is 2.20 bits per heavy atom. The molecule has 15 heavy (non-hydrogen) atoms. The van der Waals surface area contributed by atoms with Crippen molar-refractivity contribution in [3.05, 3.63) is 29.8 Å². The van der Waals surface area contributed by atoms with Gasteiger partial charge in [0.15, 0.2) is 6.29 Å². The summed E-state index contributed by atoms with van der Waals surface area (Å²) in [7, 11) is 0. The molecule has 1 aromatic rings. The van der Waals surface area contributed by atoms with Crippen molar-refractivity contribution >= 4 is 0 Å². The van der Waals surface area contributed by atoms with Crippen LogP contribution in [0, 0.1) is 12.3 Å². The van der Waals surface area contributed by atoms with Crippen molar-refractivity contribution in [3.63, 3.8) is 0 Å². The van der Waals surface area contributed by atoms with Crippen molar-refractivity contribution < 1.29 is 9.47 Å². The Morgan fingerprint density at radius 3 is 2.93 bits per heavy atom. The number of benzene rings is 1. The lowest BCUT2D eigenvalue weighted by Crippen LogP contribution is -2.25. The predicted molar refractivity (Wildman–Crippen MR) is 58.6 cm³/mol. The van der Waals surface area contributed by atoms with Gasteiger partial charge in [0, 0.05) is 6.42 Å². The second kappa shape index (κ2) is 4.86. The van der Waals surface area contributed by atoms with E-state index in [1.807, 2.05) is 24.3 Å². The van der Waals surface area contributed by atoms with Crippen LogP contribution in [-0.4, -0.2) is 12.9 Å². The lowest BCUT2D eigenvalue weighted by molar-refractivity contribution is -0.106. The molecule has 2 nitrogen and oxygen atoms in total. The van der Waals surface area contributed by atoms with Gasteiger partial charge in [-0.2, -0.15) is 0 Å². The average Bonchev–Trinajstić information content (AvgIpc) is 2.31. The minimum Gasteiger partial charge on any atom is -0.464 e. The Balaban J connectivity index is 2.06. The average molecular weight is 202 g/mol. The van der Waals surface area contributed by atoms with Crippen LogP contribution in [0.1, 0.15) is 24.8 Å². The maximum atomic E-state index is 5.71. The first-order chi connectivity index (χ1) is 7.40. The van der Waals surface area contributed by atoms with E-state index < -0.39 is 0 Å². The minimum atomic E-state index is -0.131. The van der Waals surface area contributed by atoms with Gasteiger partial charge in [-0.25, -0.2) is 0 Å². The van der Waals surface area contributed by atoms with E-state index in [0.717, 1.165) is 37.2 Å². The zero-order valence-corrected chi connectivity index (χ0v) is 8.61. The highest BCUT2D eigenvalue weighted by atomic mass is 16.7. The summed E-state index contributed by atoms with van der Waals surface area (Å²) >= 11 is 0. The monoisotopic (exact) mass is 202 g/mol. The van der Waals surface area contributed by atoms with Crippen molar-refractivity contribution in [2.45, 2.75) is 25.6 Å². The molecule has 0 saturated carbocycles. The molecule has 1 heterocycles. The fraction of sp³-hybridized carbons (Fsp3) is 0.385. The van der Waals surface area contributed by atoms with E-state index in [1.165, 1.54) is 0 Å². The third kappa shape index (κ3) is 2.51. The zero-order chi connectivity index (χ0) is 10.5. The lowest BCUT2D eigenvalue weighted by Gasteiger charge is -2.23. The number of rotatable bonds is 2. The van der Waals surface area contributed by atoms with Crippen LogP contribution in [0.3, 0.4) is 0 Å². The van der Waals surface area contributed by atoms with Crippen LogP contribution in [0.2, 0.25) is 0 Å². The van der Waals surface area contributed by atoms with E-state index in [0.29, 0.717) is 0 Å². The highest BCUT2D eigenvalue weighted by Crippen LogP contribution is 2.22. The van der Waals surface area contributed by atoms with Crippen LogP contribution in [0.25, 0.3) is 0 Å². The molecule has 2 heteroatoms. The van der Waals surface area contributed by atoms with Crippen LogP contribution >= 0.6 is 0 Å². The molecular formula is C13H14O2. The molecule has 0 radical (unpaired) electrons. The molecule has 0 amide bonds. The van der Waals surface area contributed by atoms with Crippen LogP contribution in [0.15, 0.2) is 24.3 Å². The van der Waals surface area contributed by atoms with Gasteiger partial charge in [0.2, 0.25) is 0 Å². The number of para-hydroxylation sites is 1. The van der Waals surface area contributed by atoms with Gasteiger partial charge in [0.25, 0.3) is 0 Å². The summed E-state index contributed by atoms with van der Waals surface area (Å²) in [4.78, 5) is 0. The minimum absolute atomic E-state index is 0.131. The van der Waals surface area contributed by atoms with E-state index in [4.69, 9.17) is 15.9 Å². The Kier molecular flexibility index (Phi) is 3.26. The zero-order valence-electron chi connectivity index (χ0n) is 8.61. The van der Waals surface area contributed by atoms with E-state index in [1.54, 1.807) is 0 Å². The number of hydrogen-bond donors (Lipinski definition) is 0. The molecule has 1 fully saturated rings. The van der Waals surface area contributed by atoms with Crippen molar-refractivity contribution in [2.24, 2.45) is 0 Å².